The Hall–Kier alpha value is -0.730. The normalized spacial score (nSPS) is 11.1. The van der Waals surface area contributed by atoms with E-state index in [-0.39, 0.29) is 0 Å². The van der Waals surface area contributed by atoms with Crippen molar-refractivity contribution in [1.82, 2.24) is 4.90 Å². The molecule has 0 radical (unpaired) electrons. The molecule has 96 valence electrons. The summed E-state index contributed by atoms with van der Waals surface area (Å²) in [5, 5.41) is 10.4. The summed E-state index contributed by atoms with van der Waals surface area (Å²) < 4.78 is 0. The quantitative estimate of drug-likeness (QED) is 0.803. The zero-order chi connectivity index (χ0) is 12.7. The first-order valence-electron chi connectivity index (χ1n) is 6.37. The highest BCUT2D eigenvalue weighted by Crippen LogP contribution is 2.22. The number of phenolic OH excluding ortho intramolecular Hbond substituents is 1. The summed E-state index contributed by atoms with van der Waals surface area (Å²) in [4.78, 5) is 2.43. The van der Waals surface area contributed by atoms with Crippen LogP contribution in [0, 0.1) is 0 Å². The van der Waals surface area contributed by atoms with Gasteiger partial charge in [0, 0.05) is 11.6 Å². The minimum absolute atomic E-state index is 0.349. The highest BCUT2D eigenvalue weighted by Gasteiger charge is 2.06. The van der Waals surface area contributed by atoms with Crippen LogP contribution in [0.3, 0.4) is 0 Å². The first kappa shape index (κ1) is 14.3. The molecule has 1 aromatic rings. The molecule has 0 aromatic heterocycles. The molecule has 0 saturated heterocycles. The maximum atomic E-state index is 9.73. The van der Waals surface area contributed by atoms with Crippen molar-refractivity contribution < 1.29 is 5.11 Å². The predicted octanol–water partition coefficient (Wildman–Crippen LogP) is 3.71. The van der Waals surface area contributed by atoms with E-state index in [1.165, 1.54) is 12.8 Å². The Labute approximate surface area is 109 Å². The van der Waals surface area contributed by atoms with Crippen molar-refractivity contribution in [1.29, 1.82) is 0 Å². The summed E-state index contributed by atoms with van der Waals surface area (Å²) in [7, 11) is 0. The summed E-state index contributed by atoms with van der Waals surface area (Å²) in [5.41, 5.74) is 0.940. The largest absolute Gasteiger partial charge is 0.508 e. The summed E-state index contributed by atoms with van der Waals surface area (Å²) in [6, 6.07) is 5.24. The number of hydrogen-bond acceptors (Lipinski definition) is 2. The van der Waals surface area contributed by atoms with Gasteiger partial charge in [-0.05, 0) is 56.1 Å². The number of nitrogens with zero attached hydrogens (tertiary/aromatic N) is 1. The number of phenols is 1. The third-order valence-electron chi connectivity index (χ3n) is 2.82. The molecule has 17 heavy (non-hydrogen) atoms. The van der Waals surface area contributed by atoms with E-state index in [4.69, 9.17) is 11.6 Å². The molecule has 0 saturated carbocycles. The Kier molecular flexibility index (Phi) is 6.38. The van der Waals surface area contributed by atoms with Crippen molar-refractivity contribution in [3.05, 3.63) is 28.8 Å². The third-order valence-corrected chi connectivity index (χ3v) is 3.05. The molecule has 0 aliphatic heterocycles. The minimum Gasteiger partial charge on any atom is -0.508 e. The van der Waals surface area contributed by atoms with Crippen molar-refractivity contribution in [3.8, 4) is 5.75 Å². The van der Waals surface area contributed by atoms with Crippen molar-refractivity contribution in [2.45, 2.75) is 33.1 Å². The van der Waals surface area contributed by atoms with Gasteiger partial charge in [-0.1, -0.05) is 25.4 Å². The fourth-order valence-corrected chi connectivity index (χ4v) is 2.20. The molecule has 1 rings (SSSR count). The standard InChI is InChI=1S/C14H22ClNO/c1-3-8-16(9-4-2)10-7-12-11-13(15)5-6-14(12)17/h5-6,11,17H,3-4,7-10H2,1-2H3. The zero-order valence-electron chi connectivity index (χ0n) is 10.7. The van der Waals surface area contributed by atoms with Gasteiger partial charge in [0.15, 0.2) is 0 Å². The van der Waals surface area contributed by atoms with Gasteiger partial charge in [-0.3, -0.25) is 0 Å². The molecular weight excluding hydrogens is 234 g/mol. The molecule has 0 unspecified atom stereocenters. The van der Waals surface area contributed by atoms with Gasteiger partial charge in [-0.2, -0.15) is 0 Å². The van der Waals surface area contributed by atoms with Crippen LogP contribution >= 0.6 is 11.6 Å². The van der Waals surface area contributed by atoms with Crippen molar-refractivity contribution in [2.75, 3.05) is 19.6 Å². The van der Waals surface area contributed by atoms with E-state index < -0.39 is 0 Å². The average Bonchev–Trinajstić information content (AvgIpc) is 2.30. The van der Waals surface area contributed by atoms with E-state index in [2.05, 4.69) is 18.7 Å². The Morgan fingerprint density at radius 3 is 2.35 bits per heavy atom. The second-order valence-electron chi connectivity index (χ2n) is 4.36. The molecule has 0 aliphatic rings. The van der Waals surface area contributed by atoms with E-state index in [0.29, 0.717) is 10.8 Å². The van der Waals surface area contributed by atoms with Gasteiger partial charge < -0.3 is 10.0 Å². The van der Waals surface area contributed by atoms with Crippen LogP contribution in [0.15, 0.2) is 18.2 Å². The van der Waals surface area contributed by atoms with Crippen LogP contribution < -0.4 is 0 Å². The van der Waals surface area contributed by atoms with Crippen LogP contribution in [0.25, 0.3) is 0 Å². The zero-order valence-corrected chi connectivity index (χ0v) is 11.5. The molecule has 2 nitrogen and oxygen atoms in total. The molecule has 1 aromatic carbocycles. The first-order valence-corrected chi connectivity index (χ1v) is 6.75. The lowest BCUT2D eigenvalue weighted by molar-refractivity contribution is 0.277. The maximum absolute atomic E-state index is 9.73. The molecular formula is C14H22ClNO. The third kappa shape index (κ3) is 4.97. The van der Waals surface area contributed by atoms with Crippen LogP contribution in [0.4, 0.5) is 0 Å². The van der Waals surface area contributed by atoms with Crippen LogP contribution in [0.1, 0.15) is 32.3 Å². The first-order chi connectivity index (χ1) is 8.17. The lowest BCUT2D eigenvalue weighted by Crippen LogP contribution is -2.27. The fourth-order valence-electron chi connectivity index (χ4n) is 2.00. The van der Waals surface area contributed by atoms with Crippen LogP contribution in [-0.4, -0.2) is 29.6 Å². The molecule has 0 spiro atoms. The van der Waals surface area contributed by atoms with Gasteiger partial charge in [-0.25, -0.2) is 0 Å². The minimum atomic E-state index is 0.349. The number of hydrogen-bond donors (Lipinski definition) is 1. The van der Waals surface area contributed by atoms with Gasteiger partial charge >= 0.3 is 0 Å². The highest BCUT2D eigenvalue weighted by atomic mass is 35.5. The molecule has 0 atom stereocenters. The average molecular weight is 256 g/mol. The predicted molar refractivity (Wildman–Crippen MR) is 73.8 cm³/mol. The summed E-state index contributed by atoms with van der Waals surface area (Å²) >= 11 is 5.93. The molecule has 3 heteroatoms. The second kappa shape index (κ2) is 7.57. The van der Waals surface area contributed by atoms with Crippen LogP contribution in [0.2, 0.25) is 5.02 Å². The molecule has 0 amide bonds. The molecule has 0 fully saturated rings. The van der Waals surface area contributed by atoms with E-state index in [1.807, 2.05) is 6.07 Å². The fraction of sp³-hybridized carbons (Fsp3) is 0.571. The SMILES string of the molecule is CCCN(CCC)CCc1cc(Cl)ccc1O. The number of halogens is 1. The summed E-state index contributed by atoms with van der Waals surface area (Å²) in [6.45, 7) is 7.61. The van der Waals surface area contributed by atoms with Crippen LogP contribution in [0.5, 0.6) is 5.75 Å². The molecule has 0 heterocycles. The Morgan fingerprint density at radius 1 is 1.12 bits per heavy atom. The van der Waals surface area contributed by atoms with Crippen LogP contribution in [-0.2, 0) is 6.42 Å². The number of benzene rings is 1. The Morgan fingerprint density at radius 2 is 1.76 bits per heavy atom. The molecule has 0 bridgehead atoms. The van der Waals surface area contributed by atoms with Gasteiger partial charge in [-0.15, -0.1) is 0 Å². The smallest absolute Gasteiger partial charge is 0.118 e. The highest BCUT2D eigenvalue weighted by molar-refractivity contribution is 6.30. The monoisotopic (exact) mass is 255 g/mol. The van der Waals surface area contributed by atoms with E-state index in [0.717, 1.165) is 31.6 Å². The molecule has 1 N–H and O–H groups in total. The van der Waals surface area contributed by atoms with Gasteiger partial charge in [0.05, 0.1) is 0 Å². The summed E-state index contributed by atoms with van der Waals surface area (Å²) in [6.07, 6.45) is 3.19. The van der Waals surface area contributed by atoms with E-state index in [9.17, 15) is 5.11 Å². The Bertz CT molecular complexity index is 335. The van der Waals surface area contributed by atoms with Gasteiger partial charge in [0.25, 0.3) is 0 Å². The molecule has 0 aliphatic carbocycles. The lowest BCUT2D eigenvalue weighted by Gasteiger charge is -2.21. The van der Waals surface area contributed by atoms with Gasteiger partial charge in [0.1, 0.15) is 5.75 Å². The van der Waals surface area contributed by atoms with Crippen molar-refractivity contribution in [2.24, 2.45) is 0 Å². The van der Waals surface area contributed by atoms with E-state index in [1.54, 1.807) is 12.1 Å². The second-order valence-corrected chi connectivity index (χ2v) is 4.80. The lowest BCUT2D eigenvalue weighted by atomic mass is 10.1. The van der Waals surface area contributed by atoms with Crippen molar-refractivity contribution in [3.63, 3.8) is 0 Å². The number of rotatable bonds is 7. The van der Waals surface area contributed by atoms with Crippen molar-refractivity contribution >= 4 is 11.6 Å². The Balaban J connectivity index is 2.55. The summed E-state index contributed by atoms with van der Waals surface area (Å²) in [5.74, 6) is 0.349. The maximum Gasteiger partial charge on any atom is 0.118 e. The number of aromatic hydroxyl groups is 1. The topological polar surface area (TPSA) is 23.5 Å². The van der Waals surface area contributed by atoms with E-state index >= 15 is 0 Å². The van der Waals surface area contributed by atoms with Gasteiger partial charge in [0.2, 0.25) is 0 Å².